The smallest absolute Gasteiger partial charge is 0.241 e. The molecule has 0 atom stereocenters. The van der Waals surface area contributed by atoms with Crippen LogP contribution >= 0.6 is 0 Å². The van der Waals surface area contributed by atoms with Crippen molar-refractivity contribution in [1.29, 1.82) is 0 Å². The van der Waals surface area contributed by atoms with Crippen molar-refractivity contribution < 1.29 is 17.9 Å². The molecule has 1 aliphatic rings. The fourth-order valence-electron chi connectivity index (χ4n) is 2.82. The maximum absolute atomic E-state index is 12.1. The van der Waals surface area contributed by atoms with Crippen molar-refractivity contribution in [3.05, 3.63) is 48.0 Å². The molecule has 0 saturated carbocycles. The first kappa shape index (κ1) is 17.7. The lowest BCUT2D eigenvalue weighted by Crippen LogP contribution is -2.21. The van der Waals surface area contributed by atoms with Gasteiger partial charge in [0.25, 0.3) is 0 Å². The van der Waals surface area contributed by atoms with Crippen molar-refractivity contribution in [3.63, 3.8) is 0 Å². The zero-order valence-electron chi connectivity index (χ0n) is 13.3. The number of carbonyl (C=O) groups excluding carboxylic acids is 1. The third-order valence-electron chi connectivity index (χ3n) is 3.99. The Morgan fingerprint density at radius 3 is 2.32 bits per heavy atom. The third kappa shape index (κ3) is 3.92. The molecule has 0 aromatic heterocycles. The number of carbonyl (C=O) groups is 1. The van der Waals surface area contributed by atoms with Crippen LogP contribution in [0, 0.1) is 0 Å². The second-order valence-electron chi connectivity index (χ2n) is 5.76. The van der Waals surface area contributed by atoms with E-state index in [1.165, 1.54) is 6.07 Å². The number of nitrogens with zero attached hydrogens (tertiary/aromatic N) is 1. The minimum atomic E-state index is -4.11. The number of hydrogen-bond donors (Lipinski definition) is 1. The van der Waals surface area contributed by atoms with Crippen molar-refractivity contribution in [2.24, 2.45) is 5.14 Å². The maximum Gasteiger partial charge on any atom is 0.241 e. The molecule has 0 unspecified atom stereocenters. The van der Waals surface area contributed by atoms with Gasteiger partial charge in [0.05, 0.1) is 5.69 Å². The Balaban J connectivity index is 2.22. The maximum atomic E-state index is 12.1. The van der Waals surface area contributed by atoms with Crippen molar-refractivity contribution in [2.75, 3.05) is 18.0 Å². The number of ether oxygens (including phenoxy) is 1. The molecule has 0 bridgehead atoms. The van der Waals surface area contributed by atoms with E-state index < -0.39 is 15.1 Å². The minimum Gasteiger partial charge on any atom is -0.737 e. The first-order valence-corrected chi connectivity index (χ1v) is 9.72. The van der Waals surface area contributed by atoms with Crippen molar-refractivity contribution in [3.8, 4) is 11.5 Å². The molecule has 1 fully saturated rings. The van der Waals surface area contributed by atoms with E-state index in [-0.39, 0.29) is 16.2 Å². The van der Waals surface area contributed by atoms with Gasteiger partial charge in [-0.05, 0) is 42.7 Å². The van der Waals surface area contributed by atoms with Gasteiger partial charge in [0.15, 0.2) is 5.75 Å². The van der Waals surface area contributed by atoms with E-state index in [0.29, 0.717) is 11.4 Å². The van der Waals surface area contributed by atoms with Crippen LogP contribution in [0.25, 0.3) is 0 Å². The van der Waals surface area contributed by atoms with Crippen LogP contribution in [-0.4, -0.2) is 26.6 Å². The van der Waals surface area contributed by atoms with Crippen molar-refractivity contribution >= 4 is 33.5 Å². The molecule has 1 aliphatic heterocycles. The number of primary sulfonamides is 1. The van der Waals surface area contributed by atoms with E-state index in [0.717, 1.165) is 25.9 Å². The first-order valence-electron chi connectivity index (χ1n) is 7.76. The summed E-state index contributed by atoms with van der Waals surface area (Å²) in [6, 6.07) is 11.6. The summed E-state index contributed by atoms with van der Waals surface area (Å²) >= 11 is 4.70. The molecule has 6 nitrogen and oxygen atoms in total. The molecule has 0 amide bonds. The van der Waals surface area contributed by atoms with Gasteiger partial charge < -0.3 is 27.1 Å². The average molecular weight is 377 g/mol. The summed E-state index contributed by atoms with van der Waals surface area (Å²) in [5, 5.41) is 4.73. The molecule has 3 rings (SSSR count). The highest BCUT2D eigenvalue weighted by Gasteiger charge is 2.26. The fourth-order valence-corrected chi connectivity index (χ4v) is 3.63. The number of benzene rings is 2. The molecular weight excluding hydrogens is 360 g/mol. The van der Waals surface area contributed by atoms with Crippen LogP contribution in [0.15, 0.2) is 47.4 Å². The highest BCUT2D eigenvalue weighted by molar-refractivity contribution is 7.89. The molecule has 2 aromatic rings. The van der Waals surface area contributed by atoms with Gasteiger partial charge in [-0.2, -0.15) is 0 Å². The Morgan fingerprint density at radius 1 is 1.12 bits per heavy atom. The van der Waals surface area contributed by atoms with E-state index in [1.54, 1.807) is 30.3 Å². The SMILES string of the molecule is NS(=O)(=O)c1cc(C(=O)[S-])cc(N2CCCC2)c1Oc1ccccc1. The van der Waals surface area contributed by atoms with E-state index in [9.17, 15) is 13.2 Å². The highest BCUT2D eigenvalue weighted by atomic mass is 32.2. The molecule has 1 heterocycles. The predicted molar refractivity (Wildman–Crippen MR) is 97.5 cm³/mol. The number of para-hydroxylation sites is 1. The van der Waals surface area contributed by atoms with Gasteiger partial charge in [-0.25, -0.2) is 13.6 Å². The van der Waals surface area contributed by atoms with Gasteiger partial charge in [0.2, 0.25) is 10.0 Å². The second kappa shape index (κ2) is 6.99. The lowest BCUT2D eigenvalue weighted by Gasteiger charge is -2.24. The van der Waals surface area contributed by atoms with Crippen LogP contribution in [0.4, 0.5) is 5.69 Å². The predicted octanol–water partition coefficient (Wildman–Crippen LogP) is 2.41. The normalized spacial score (nSPS) is 14.5. The zero-order valence-corrected chi connectivity index (χ0v) is 15.0. The lowest BCUT2D eigenvalue weighted by molar-refractivity contribution is 0.109. The van der Waals surface area contributed by atoms with E-state index in [2.05, 4.69) is 0 Å². The summed E-state index contributed by atoms with van der Waals surface area (Å²) in [7, 11) is -4.11. The van der Waals surface area contributed by atoms with Crippen molar-refractivity contribution in [2.45, 2.75) is 17.7 Å². The number of hydrogen-bond acceptors (Lipinski definition) is 6. The summed E-state index contributed by atoms with van der Waals surface area (Å²) in [4.78, 5) is 13.4. The van der Waals surface area contributed by atoms with Gasteiger partial charge in [-0.1, -0.05) is 18.2 Å². The Hall–Kier alpha value is -2.16. The van der Waals surface area contributed by atoms with Gasteiger partial charge in [0.1, 0.15) is 10.6 Å². The fraction of sp³-hybridized carbons (Fsp3) is 0.235. The van der Waals surface area contributed by atoms with E-state index >= 15 is 0 Å². The topological polar surface area (TPSA) is 89.7 Å². The summed E-state index contributed by atoms with van der Waals surface area (Å²) in [5.41, 5.74) is 0.627. The van der Waals surface area contributed by atoms with Crippen LogP contribution < -0.4 is 14.8 Å². The molecule has 0 aliphatic carbocycles. The molecule has 25 heavy (non-hydrogen) atoms. The van der Waals surface area contributed by atoms with E-state index in [4.69, 9.17) is 22.5 Å². The Labute approximate surface area is 152 Å². The molecule has 132 valence electrons. The van der Waals surface area contributed by atoms with Crippen LogP contribution in [0.2, 0.25) is 0 Å². The Morgan fingerprint density at radius 2 is 1.76 bits per heavy atom. The largest absolute Gasteiger partial charge is 0.737 e. The second-order valence-corrected chi connectivity index (χ2v) is 7.67. The first-order chi connectivity index (χ1) is 11.9. The van der Waals surface area contributed by atoms with Gasteiger partial charge in [0, 0.05) is 18.2 Å². The Kier molecular flexibility index (Phi) is 4.94. The zero-order chi connectivity index (χ0) is 18.0. The summed E-state index contributed by atoms with van der Waals surface area (Å²) in [6.07, 6.45) is 1.95. The number of anilines is 1. The summed E-state index contributed by atoms with van der Waals surface area (Å²) in [6.45, 7) is 1.48. The molecule has 2 N–H and O–H groups in total. The summed E-state index contributed by atoms with van der Waals surface area (Å²) in [5.74, 6) is 0.598. The average Bonchev–Trinajstić information content (AvgIpc) is 3.09. The number of rotatable bonds is 5. The van der Waals surface area contributed by atoms with Crippen LogP contribution in [0.1, 0.15) is 23.2 Å². The number of nitrogens with two attached hydrogens (primary N) is 1. The quantitative estimate of drug-likeness (QED) is 0.805. The van der Waals surface area contributed by atoms with Crippen LogP contribution in [0.3, 0.4) is 0 Å². The molecule has 8 heteroatoms. The molecule has 0 spiro atoms. The van der Waals surface area contributed by atoms with Gasteiger partial charge >= 0.3 is 0 Å². The third-order valence-corrected chi connectivity index (χ3v) is 5.14. The molecular formula is C17H17N2O4S2-. The Bertz CT molecular complexity index is 892. The lowest BCUT2D eigenvalue weighted by atomic mass is 10.1. The monoisotopic (exact) mass is 377 g/mol. The highest BCUT2D eigenvalue weighted by Crippen LogP contribution is 2.40. The van der Waals surface area contributed by atoms with Gasteiger partial charge in [-0.3, -0.25) is 0 Å². The molecule has 2 aromatic carbocycles. The van der Waals surface area contributed by atoms with Crippen molar-refractivity contribution in [1.82, 2.24) is 0 Å². The van der Waals surface area contributed by atoms with Gasteiger partial charge in [-0.15, -0.1) is 0 Å². The van der Waals surface area contributed by atoms with Crippen LogP contribution in [-0.2, 0) is 22.7 Å². The minimum absolute atomic E-state index is 0.112. The standard InChI is InChI=1S/C17H18N2O4S2/c18-25(21,22)15-11-12(17(20)24)10-14(19-8-4-5-9-19)16(15)23-13-6-2-1-3-7-13/h1-3,6-7,10-11H,4-5,8-9H2,(H,20,24)(H2,18,21,22)/p-1. The van der Waals surface area contributed by atoms with Crippen LogP contribution in [0.5, 0.6) is 11.5 Å². The summed E-state index contributed by atoms with van der Waals surface area (Å²) < 4.78 is 30.1. The number of sulfonamides is 1. The molecule has 0 radical (unpaired) electrons. The van der Waals surface area contributed by atoms with E-state index in [1.807, 2.05) is 11.0 Å². The molecule has 1 saturated heterocycles.